The van der Waals surface area contributed by atoms with Crippen LogP contribution in [0.2, 0.25) is 0 Å². The van der Waals surface area contributed by atoms with Crippen molar-refractivity contribution >= 4 is 5.97 Å². The van der Waals surface area contributed by atoms with E-state index in [4.69, 9.17) is 15.9 Å². The fraction of sp³-hybridized carbons (Fsp3) is 0.800. The molecule has 1 unspecified atom stereocenters. The number of hydrogen-bond acceptors (Lipinski definition) is 3. The Morgan fingerprint density at radius 1 is 1.67 bits per heavy atom. The quantitative estimate of drug-likeness (QED) is 0.483. The van der Waals surface area contributed by atoms with Crippen LogP contribution in [0.3, 0.4) is 0 Å². The lowest BCUT2D eigenvalue weighted by molar-refractivity contribution is -0.138. The van der Waals surface area contributed by atoms with Crippen molar-refractivity contribution < 1.29 is 15.0 Å². The average molecular weight is 135 g/mol. The highest BCUT2D eigenvalue weighted by molar-refractivity contribution is 5.72. The number of carboxylic acid groups (broad SMARTS) is 1. The first-order valence-electron chi connectivity index (χ1n) is 2.27. The predicted octanol–water partition coefficient (Wildman–Crippen LogP) is -0.583. The van der Waals surface area contributed by atoms with Gasteiger partial charge in [-0.2, -0.15) is 0 Å². The summed E-state index contributed by atoms with van der Waals surface area (Å²) in [6.45, 7) is -0.173. The van der Waals surface area contributed by atoms with Crippen LogP contribution in [0.15, 0.2) is 0 Å². The zero-order chi connectivity index (χ0) is 6.57. The lowest BCUT2D eigenvalue weighted by atomic mass is 10.2. The van der Waals surface area contributed by atoms with Crippen molar-refractivity contribution in [1.82, 2.24) is 0 Å². The van der Waals surface area contributed by atoms with E-state index >= 15 is 0 Å². The van der Waals surface area contributed by atoms with Crippen molar-refractivity contribution in [3.05, 3.63) is 0 Å². The number of carbonyl (C=O) groups is 1. The van der Waals surface area contributed by atoms with E-state index in [0.717, 1.165) is 0 Å². The number of carboxylic acids is 1. The highest BCUT2D eigenvalue weighted by Gasteiger charge is 2.08. The summed E-state index contributed by atoms with van der Waals surface area (Å²) in [6, 6.07) is -0.917. The van der Waals surface area contributed by atoms with Gasteiger partial charge in [0.05, 0.1) is 0 Å². The van der Waals surface area contributed by atoms with Crippen molar-refractivity contribution in [3.63, 3.8) is 0 Å². The molecule has 4 heteroatoms. The zero-order valence-electron chi connectivity index (χ0n) is 4.37. The maximum absolute atomic E-state index is 9.85. The van der Waals surface area contributed by atoms with Crippen molar-refractivity contribution in [2.24, 2.45) is 5.73 Å². The topological polar surface area (TPSA) is 83.5 Å². The van der Waals surface area contributed by atoms with Crippen LogP contribution in [-0.4, -0.2) is 28.8 Å². The Kier molecular flexibility index (Phi) is 6.89. The van der Waals surface area contributed by atoms with Crippen molar-refractivity contribution in [1.29, 1.82) is 0 Å². The van der Waals surface area contributed by atoms with Crippen molar-refractivity contribution in [2.75, 3.05) is 6.61 Å². The molecule has 0 heterocycles. The zero-order valence-corrected chi connectivity index (χ0v) is 4.37. The molecule has 0 fully saturated rings. The smallest absolute Gasteiger partial charge is 0.320 e. The Bertz CT molecular complexity index is 84.3. The highest BCUT2D eigenvalue weighted by Crippen LogP contribution is 1.83. The highest BCUT2D eigenvalue weighted by atomic mass is 16.4. The lowest BCUT2D eigenvalue weighted by Crippen LogP contribution is -2.30. The van der Waals surface area contributed by atoms with Gasteiger partial charge in [-0.1, -0.05) is 7.43 Å². The Labute approximate surface area is 54.3 Å². The average Bonchev–Trinajstić information content (AvgIpc) is 1.67. The van der Waals surface area contributed by atoms with Crippen molar-refractivity contribution in [3.8, 4) is 0 Å². The van der Waals surface area contributed by atoms with E-state index in [9.17, 15) is 4.79 Å². The third-order valence-corrected chi connectivity index (χ3v) is 0.757. The van der Waals surface area contributed by atoms with Gasteiger partial charge in [0.15, 0.2) is 0 Å². The van der Waals surface area contributed by atoms with E-state index in [0.29, 0.717) is 0 Å². The molecule has 0 aromatic rings. The summed E-state index contributed by atoms with van der Waals surface area (Å²) in [5.41, 5.74) is 4.97. The minimum atomic E-state index is -1.07. The molecule has 0 saturated heterocycles. The summed E-state index contributed by atoms with van der Waals surface area (Å²) >= 11 is 0. The first-order chi connectivity index (χ1) is 3.68. The van der Waals surface area contributed by atoms with Gasteiger partial charge in [0.2, 0.25) is 0 Å². The molecule has 4 nitrogen and oxygen atoms in total. The van der Waals surface area contributed by atoms with Gasteiger partial charge in [-0.25, -0.2) is 0 Å². The molecule has 0 radical (unpaired) electrons. The summed E-state index contributed by atoms with van der Waals surface area (Å²) in [5.74, 6) is -1.07. The molecular weight excluding hydrogens is 122 g/mol. The van der Waals surface area contributed by atoms with Crippen LogP contribution in [0.5, 0.6) is 0 Å². The molecule has 0 bridgehead atoms. The van der Waals surface area contributed by atoms with Crippen LogP contribution in [0.25, 0.3) is 0 Å². The molecule has 0 amide bonds. The Morgan fingerprint density at radius 3 is 2.22 bits per heavy atom. The molecule has 56 valence electrons. The molecule has 0 spiro atoms. The normalized spacial score (nSPS) is 11.8. The predicted molar refractivity (Wildman–Crippen MR) is 34.0 cm³/mol. The SMILES string of the molecule is C.NC(CCO)C(=O)O. The summed E-state index contributed by atoms with van der Waals surface area (Å²) < 4.78 is 0. The standard InChI is InChI=1S/C4H9NO3.CH4/c5-3(1-2-6)4(7)8;/h3,6H,1-2,5H2,(H,7,8);1H4. The second kappa shape index (κ2) is 5.53. The largest absolute Gasteiger partial charge is 0.480 e. The molecule has 0 rings (SSSR count). The lowest BCUT2D eigenvalue weighted by Gasteiger charge is -2.00. The molecule has 1 atom stereocenters. The molecule has 0 aliphatic heterocycles. The summed E-state index contributed by atoms with van der Waals surface area (Å²) in [7, 11) is 0. The van der Waals surface area contributed by atoms with Gasteiger partial charge in [0, 0.05) is 6.61 Å². The Balaban J connectivity index is 0. The summed E-state index contributed by atoms with van der Waals surface area (Å²) in [6.07, 6.45) is 0.120. The van der Waals surface area contributed by atoms with Gasteiger partial charge in [0.1, 0.15) is 6.04 Å². The Morgan fingerprint density at radius 2 is 2.11 bits per heavy atom. The molecule has 0 aliphatic carbocycles. The van der Waals surface area contributed by atoms with Gasteiger partial charge in [-0.05, 0) is 6.42 Å². The maximum atomic E-state index is 9.85. The third-order valence-electron chi connectivity index (χ3n) is 0.757. The Hall–Kier alpha value is -0.610. The number of aliphatic hydroxyl groups is 1. The molecule has 0 aliphatic rings. The number of nitrogens with two attached hydrogens (primary N) is 1. The number of aliphatic carboxylic acids is 1. The van der Waals surface area contributed by atoms with Crippen LogP contribution < -0.4 is 5.73 Å². The molecule has 0 aromatic carbocycles. The molecule has 0 aromatic heterocycles. The van der Waals surface area contributed by atoms with Gasteiger partial charge in [0.25, 0.3) is 0 Å². The third kappa shape index (κ3) is 5.26. The fourth-order valence-corrected chi connectivity index (χ4v) is 0.263. The van der Waals surface area contributed by atoms with Crippen LogP contribution in [-0.2, 0) is 4.79 Å². The van der Waals surface area contributed by atoms with E-state index in [1.807, 2.05) is 0 Å². The minimum absolute atomic E-state index is 0. The van der Waals surface area contributed by atoms with Crippen LogP contribution in [0.4, 0.5) is 0 Å². The van der Waals surface area contributed by atoms with Gasteiger partial charge in [-0.15, -0.1) is 0 Å². The van der Waals surface area contributed by atoms with Crippen molar-refractivity contribution in [2.45, 2.75) is 19.9 Å². The monoisotopic (exact) mass is 135 g/mol. The molecule has 9 heavy (non-hydrogen) atoms. The first-order valence-corrected chi connectivity index (χ1v) is 2.27. The molecule has 4 N–H and O–H groups in total. The number of hydrogen-bond donors (Lipinski definition) is 3. The van der Waals surface area contributed by atoms with Crippen LogP contribution in [0.1, 0.15) is 13.8 Å². The summed E-state index contributed by atoms with van der Waals surface area (Å²) in [4.78, 5) is 9.85. The minimum Gasteiger partial charge on any atom is -0.480 e. The maximum Gasteiger partial charge on any atom is 0.320 e. The van der Waals surface area contributed by atoms with E-state index in [1.54, 1.807) is 0 Å². The van der Waals surface area contributed by atoms with Crippen LogP contribution in [0, 0.1) is 0 Å². The second-order valence-corrected chi connectivity index (χ2v) is 1.46. The second-order valence-electron chi connectivity index (χ2n) is 1.46. The fourth-order valence-electron chi connectivity index (χ4n) is 0.263. The van der Waals surface area contributed by atoms with E-state index in [-0.39, 0.29) is 20.5 Å². The van der Waals surface area contributed by atoms with E-state index in [1.165, 1.54) is 0 Å². The summed E-state index contributed by atoms with van der Waals surface area (Å²) in [5, 5.41) is 16.2. The first kappa shape index (κ1) is 11.2. The molecular formula is C5H13NO3. The van der Waals surface area contributed by atoms with Gasteiger partial charge < -0.3 is 15.9 Å². The number of aliphatic hydroxyl groups excluding tert-OH is 1. The van der Waals surface area contributed by atoms with Crippen LogP contribution >= 0.6 is 0 Å². The van der Waals surface area contributed by atoms with E-state index in [2.05, 4.69) is 0 Å². The van der Waals surface area contributed by atoms with Gasteiger partial charge >= 0.3 is 5.97 Å². The number of rotatable bonds is 3. The van der Waals surface area contributed by atoms with E-state index < -0.39 is 12.0 Å². The molecule has 0 saturated carbocycles. The van der Waals surface area contributed by atoms with Gasteiger partial charge in [-0.3, -0.25) is 4.79 Å².